The number of phenols is 4. The number of nitrogens with one attached hydrogen (secondary N) is 4. The summed E-state index contributed by atoms with van der Waals surface area (Å²) >= 11 is 35.5. The number of carboxylic acids is 1. The highest BCUT2D eigenvalue weighted by Gasteiger charge is 2.25. The van der Waals surface area contributed by atoms with Crippen LogP contribution >= 0.6 is 69.6 Å². The lowest BCUT2D eigenvalue weighted by Gasteiger charge is -2.27. The lowest BCUT2D eigenvalue weighted by atomic mass is 9.83. The Morgan fingerprint density at radius 3 is 1.24 bits per heavy atom. The van der Waals surface area contributed by atoms with E-state index >= 15 is 0 Å². The standard InChI is InChI=1S/C27H17Cl3N2O3.C24H21ClN2O3.C22H22ClN3O2.C19H16ClN3O4/c28-22-8-3-9-23(29)26(22)35-14-4-5-17-10-11-19(21-7-2-1-6-20(17)21)16-31-32-27(34)18-12-13-25(33)24(30)15-18;1-2-19(28)7-5-6-16-10-11-18(21-9-4-3-8-20(16)21)15-26-27-24(30)17-12-13-23(29)22(25)14-17;23-19-14-18(7-8-20(19)27)21(28)26-25-15-17-6-4-5-16(13-17)9-12-22(24)10-2-1-3-11-22;20-15-10-14(7-8-17(15)24)18(25)23-22-11-13-5-1-3-12(9-13)4-2-6-16(21)19(26)27/h1-3,6-13,15-16,33H,14H2,(H,32,34);3-4,8-15,19,28-29H,2,7H2,1H3,(H,27,30);4-8,13-15,27H,1-3,10-11,24H2,(H,26,28);1,3,5,7-11,16,24H,6,21H2,(H,23,25)(H,26,27)/b31-16+;26-15+;25-15+;22-11+. The molecule has 0 heterocycles. The minimum Gasteiger partial charge on any atom is -0.506 e. The molecule has 12 rings (SSSR count). The summed E-state index contributed by atoms with van der Waals surface area (Å²) in [5.74, 6) is 21.3. The van der Waals surface area contributed by atoms with Crippen molar-refractivity contribution in [1.29, 1.82) is 0 Å². The van der Waals surface area contributed by atoms with E-state index in [0.717, 1.165) is 80.6 Å². The molecule has 0 aromatic heterocycles. The largest absolute Gasteiger partial charge is 0.506 e. The van der Waals surface area contributed by atoms with E-state index in [4.69, 9.17) is 90.9 Å². The molecule has 1 saturated carbocycles. The average Bonchev–Trinajstić information content (AvgIpc) is 0.810. The normalized spacial score (nSPS) is 12.3. The van der Waals surface area contributed by atoms with Crippen molar-refractivity contribution in [3.05, 3.63) is 309 Å². The highest BCUT2D eigenvalue weighted by molar-refractivity contribution is 6.37. The van der Waals surface area contributed by atoms with E-state index < -0.39 is 41.7 Å². The first-order chi connectivity index (χ1) is 57.7. The topological polar surface area (TPSA) is 366 Å². The Morgan fingerprint density at radius 2 is 0.833 bits per heavy atom. The first-order valence-corrected chi connectivity index (χ1v) is 39.0. The van der Waals surface area contributed by atoms with Crippen LogP contribution in [0.3, 0.4) is 0 Å². The minimum absolute atomic E-state index is 0.0406. The predicted octanol–water partition coefficient (Wildman–Crippen LogP) is 17.0. The molecule has 22 nitrogen and oxygen atoms in total. The van der Waals surface area contributed by atoms with Gasteiger partial charge < -0.3 is 46.8 Å². The number of carbonyl (C=O) groups excluding carboxylic acids is 4. The quantitative estimate of drug-likeness (QED) is 0.0216. The molecule has 0 radical (unpaired) electrons. The molecule has 11 aromatic rings. The van der Waals surface area contributed by atoms with Crippen LogP contribution < -0.4 is 37.9 Å². The van der Waals surface area contributed by atoms with Gasteiger partial charge in [-0.3, -0.25) is 24.0 Å². The number of carboxylic acid groups (broad SMARTS) is 1. The van der Waals surface area contributed by atoms with E-state index in [9.17, 15) is 49.5 Å². The smallest absolute Gasteiger partial charge is 0.321 e. The molecular formula is C92H76Cl6N10O12. The van der Waals surface area contributed by atoms with Gasteiger partial charge in [0.15, 0.2) is 5.75 Å². The van der Waals surface area contributed by atoms with Gasteiger partial charge in [0.1, 0.15) is 35.6 Å². The number of halogens is 6. The number of hydrogen-bond donors (Lipinski definition) is 12. The van der Waals surface area contributed by atoms with Crippen LogP contribution in [-0.2, 0) is 4.79 Å². The highest BCUT2D eigenvalue weighted by Crippen LogP contribution is 2.33. The van der Waals surface area contributed by atoms with Gasteiger partial charge in [0.25, 0.3) is 23.6 Å². The number of phenolic OH excluding ortho intramolecular Hbond substituents is 4. The van der Waals surface area contributed by atoms with Gasteiger partial charge >= 0.3 is 5.97 Å². The van der Waals surface area contributed by atoms with Crippen molar-refractivity contribution in [1.82, 2.24) is 21.7 Å². The molecule has 0 spiro atoms. The van der Waals surface area contributed by atoms with E-state index in [1.807, 2.05) is 104 Å². The number of fused-ring (bicyclic) bond motifs is 2. The number of aromatic hydroxyl groups is 4. The van der Waals surface area contributed by atoms with Crippen LogP contribution in [0.2, 0.25) is 30.1 Å². The third-order valence-corrected chi connectivity index (χ3v) is 19.4. The molecule has 1 aliphatic rings. The Balaban J connectivity index is 0.000000183. The number of nitrogens with two attached hydrogens (primary N) is 2. The van der Waals surface area contributed by atoms with E-state index in [1.165, 1.54) is 85.4 Å². The maximum Gasteiger partial charge on any atom is 0.321 e. The fourth-order valence-electron chi connectivity index (χ4n) is 11.1. The van der Waals surface area contributed by atoms with Crippen molar-refractivity contribution >= 4 is 146 Å². The molecule has 2 unspecified atom stereocenters. The van der Waals surface area contributed by atoms with Crippen LogP contribution in [0, 0.1) is 47.4 Å². The first kappa shape index (κ1) is 90.7. The molecule has 120 heavy (non-hydrogen) atoms. The van der Waals surface area contributed by atoms with Gasteiger partial charge in [-0.15, -0.1) is 0 Å². The fourth-order valence-corrected chi connectivity index (χ4v) is 12.3. The number of hydrogen-bond acceptors (Lipinski definition) is 17. The predicted molar refractivity (Wildman–Crippen MR) is 474 cm³/mol. The summed E-state index contributed by atoms with van der Waals surface area (Å²) in [7, 11) is 0. The van der Waals surface area contributed by atoms with Crippen molar-refractivity contribution in [2.24, 2.45) is 31.9 Å². The van der Waals surface area contributed by atoms with Gasteiger partial charge in [-0.05, 0) is 173 Å². The summed E-state index contributed by atoms with van der Waals surface area (Å²) in [6, 6.07) is 58.4. The lowest BCUT2D eigenvalue weighted by Crippen LogP contribution is -2.40. The van der Waals surface area contributed by atoms with Crippen molar-refractivity contribution in [3.8, 4) is 76.1 Å². The third-order valence-electron chi connectivity index (χ3n) is 17.6. The average molecular weight is 1730 g/mol. The number of nitrogens with zero attached hydrogens (tertiary/aromatic N) is 4. The second-order valence-electron chi connectivity index (χ2n) is 26.3. The molecular weight excluding hydrogens is 1650 g/mol. The molecule has 14 N–H and O–H groups in total. The lowest BCUT2D eigenvalue weighted by molar-refractivity contribution is -0.138. The summed E-state index contributed by atoms with van der Waals surface area (Å²) in [6.07, 6.45) is 12.2. The second kappa shape index (κ2) is 45.5. The van der Waals surface area contributed by atoms with Crippen LogP contribution in [0.15, 0.2) is 233 Å². The zero-order valence-corrected chi connectivity index (χ0v) is 68.4. The van der Waals surface area contributed by atoms with Crippen molar-refractivity contribution in [2.75, 3.05) is 6.61 Å². The Kier molecular flexibility index (Phi) is 34.4. The Bertz CT molecular complexity index is 5990. The van der Waals surface area contributed by atoms with Gasteiger partial charge in [0.05, 0.1) is 66.6 Å². The minimum atomic E-state index is -1.10. The van der Waals surface area contributed by atoms with Crippen LogP contribution in [0.5, 0.6) is 28.7 Å². The molecule has 0 aliphatic heterocycles. The summed E-state index contributed by atoms with van der Waals surface area (Å²) in [5.41, 5.74) is 28.5. The van der Waals surface area contributed by atoms with Crippen molar-refractivity contribution < 1.29 is 59.3 Å². The number of aliphatic carboxylic acids is 1. The van der Waals surface area contributed by atoms with Crippen LogP contribution in [0.1, 0.15) is 144 Å². The van der Waals surface area contributed by atoms with Crippen molar-refractivity contribution in [2.45, 2.75) is 76.0 Å². The SMILES string of the molecule is CCC(O)CC#Cc1ccc(/C=N/NC(=O)c2ccc(O)c(Cl)c2)c2ccccc12.NC(CC#Cc1cccc(/C=N/NC(=O)c2ccc(O)c(Cl)c2)c1)C(=O)O.NC1(C#Cc2cccc(/C=N/NC(=O)c3ccc(O)c(Cl)c3)c2)CCCCC1.O=C(N/N=C/c1ccc(C#CCOc2c(Cl)cccc2Cl)c2ccccc12)c1ccc(O)c(Cl)c1. The summed E-state index contributed by atoms with van der Waals surface area (Å²) in [6.45, 7) is 2.04. The summed E-state index contributed by atoms with van der Waals surface area (Å²) in [5, 5.41) is 77.0. The zero-order chi connectivity index (χ0) is 86.1. The zero-order valence-electron chi connectivity index (χ0n) is 63.9. The monoisotopic (exact) mass is 1720 g/mol. The fraction of sp³-hybridized carbons (Fsp3) is 0.141. The van der Waals surface area contributed by atoms with Crippen molar-refractivity contribution in [3.63, 3.8) is 0 Å². The number of aliphatic hydroxyl groups is 1. The highest BCUT2D eigenvalue weighted by atomic mass is 35.5. The van der Waals surface area contributed by atoms with Crippen LogP contribution in [-0.4, -0.2) is 109 Å². The molecule has 1 fully saturated rings. The third kappa shape index (κ3) is 27.7. The second-order valence-corrected chi connectivity index (χ2v) is 28.8. The Labute approximate surface area is 721 Å². The molecule has 608 valence electrons. The Hall–Kier alpha value is -13.2. The number of benzene rings is 11. The van der Waals surface area contributed by atoms with Crippen LogP contribution in [0.25, 0.3) is 21.5 Å². The maximum absolute atomic E-state index is 12.3. The molecule has 0 bridgehead atoms. The van der Waals surface area contributed by atoms with Gasteiger partial charge in [-0.1, -0.05) is 234 Å². The van der Waals surface area contributed by atoms with Gasteiger partial charge in [0, 0.05) is 68.5 Å². The molecule has 1 aliphatic carbocycles. The Morgan fingerprint density at radius 1 is 0.450 bits per heavy atom. The molecule has 28 heteroatoms. The molecule has 11 aromatic carbocycles. The van der Waals surface area contributed by atoms with E-state index in [-0.39, 0.29) is 72.8 Å². The number of hydrazone groups is 4. The molecule has 0 saturated heterocycles. The number of amides is 4. The molecule has 2 atom stereocenters. The first-order valence-electron chi connectivity index (χ1n) is 36.8. The number of ether oxygens (including phenoxy) is 1. The number of para-hydroxylation sites is 1. The van der Waals surface area contributed by atoms with Crippen LogP contribution in [0.4, 0.5) is 0 Å². The molecule has 4 amide bonds. The maximum atomic E-state index is 12.3. The van der Waals surface area contributed by atoms with E-state index in [1.54, 1.807) is 61.1 Å². The number of aliphatic hydroxyl groups excluding tert-OH is 1. The van der Waals surface area contributed by atoms with E-state index in [2.05, 4.69) is 89.5 Å². The number of rotatable bonds is 18. The van der Waals surface area contributed by atoms with Gasteiger partial charge in [0.2, 0.25) is 0 Å². The summed E-state index contributed by atoms with van der Waals surface area (Å²) < 4.78 is 5.63. The van der Waals surface area contributed by atoms with Gasteiger partial charge in [-0.25, -0.2) is 21.7 Å². The van der Waals surface area contributed by atoms with E-state index in [0.29, 0.717) is 50.9 Å². The summed E-state index contributed by atoms with van der Waals surface area (Å²) in [4.78, 5) is 59.2. The number of carbonyl (C=O) groups is 5. The van der Waals surface area contributed by atoms with Gasteiger partial charge in [-0.2, -0.15) is 20.4 Å².